The van der Waals surface area contributed by atoms with E-state index in [2.05, 4.69) is 21.2 Å². The first-order valence-electron chi connectivity index (χ1n) is 8.69. The van der Waals surface area contributed by atoms with Crippen molar-refractivity contribution in [2.75, 3.05) is 26.3 Å². The van der Waals surface area contributed by atoms with E-state index in [4.69, 9.17) is 32.7 Å². The molecule has 0 aromatic heterocycles. The van der Waals surface area contributed by atoms with Crippen molar-refractivity contribution in [3.8, 4) is 5.75 Å². The molecule has 1 unspecified atom stereocenters. The van der Waals surface area contributed by atoms with Crippen LogP contribution in [0, 0.1) is 5.92 Å². The number of halogens is 3. The average molecular weight is 496 g/mol. The second-order valence-corrected chi connectivity index (χ2v) is 8.36. The Hall–Kier alpha value is -1.51. The number of piperazine rings is 1. The first-order valence-corrected chi connectivity index (χ1v) is 10.2. The lowest BCUT2D eigenvalue weighted by Crippen LogP contribution is -2.58. The van der Waals surface area contributed by atoms with Crippen LogP contribution in [0.4, 0.5) is 0 Å². The zero-order valence-corrected chi connectivity index (χ0v) is 18.6. The van der Waals surface area contributed by atoms with E-state index in [1.54, 1.807) is 6.07 Å². The Morgan fingerprint density at radius 3 is 2.71 bits per heavy atom. The third-order valence-corrected chi connectivity index (χ3v) is 4.98. The Bertz CT molecular complexity index is 736. The van der Waals surface area contributed by atoms with Gasteiger partial charge in [0.2, 0.25) is 5.91 Å². The van der Waals surface area contributed by atoms with Gasteiger partial charge in [-0.05, 0) is 34.0 Å². The Labute approximate surface area is 181 Å². The second-order valence-electron chi connectivity index (χ2n) is 6.66. The molecule has 1 N–H and O–H groups in total. The summed E-state index contributed by atoms with van der Waals surface area (Å²) in [5.74, 6) is -0.911. The maximum absolute atomic E-state index is 12.6. The molecule has 7 nitrogen and oxygen atoms in total. The van der Waals surface area contributed by atoms with Gasteiger partial charge in [0.05, 0.1) is 22.5 Å². The van der Waals surface area contributed by atoms with Crippen LogP contribution in [0.2, 0.25) is 10.0 Å². The summed E-state index contributed by atoms with van der Waals surface area (Å²) in [6.07, 6.45) is -0.213. The number of amides is 2. The SMILES string of the molecule is CC(C)COC(=O)CC1C(=O)NCCN1C(=O)COc1c(Cl)cc(Cl)cc1Br. The largest absolute Gasteiger partial charge is 0.481 e. The summed E-state index contributed by atoms with van der Waals surface area (Å²) < 4.78 is 11.2. The van der Waals surface area contributed by atoms with E-state index in [1.165, 1.54) is 11.0 Å². The highest BCUT2D eigenvalue weighted by Gasteiger charge is 2.35. The highest BCUT2D eigenvalue weighted by Crippen LogP contribution is 2.36. The zero-order chi connectivity index (χ0) is 20.8. The molecule has 1 saturated heterocycles. The van der Waals surface area contributed by atoms with Gasteiger partial charge in [-0.1, -0.05) is 37.0 Å². The minimum Gasteiger partial charge on any atom is -0.481 e. The molecular formula is C18H21BrCl2N2O5. The number of carbonyl (C=O) groups is 3. The fraction of sp³-hybridized carbons (Fsp3) is 0.500. The van der Waals surface area contributed by atoms with Gasteiger partial charge in [0.15, 0.2) is 12.4 Å². The van der Waals surface area contributed by atoms with Gasteiger partial charge in [0.25, 0.3) is 5.91 Å². The standard InChI is InChI=1S/C18H21BrCl2N2O5/c1-10(2)8-27-16(25)7-14-18(26)22-3-4-23(14)15(24)9-28-17-12(19)5-11(20)6-13(17)21/h5-6,10,14H,3-4,7-9H2,1-2H3,(H,22,26). The van der Waals surface area contributed by atoms with E-state index in [0.29, 0.717) is 16.0 Å². The van der Waals surface area contributed by atoms with Crippen LogP contribution in [0.15, 0.2) is 16.6 Å². The lowest BCUT2D eigenvalue weighted by molar-refractivity contribution is -0.153. The molecule has 1 fully saturated rings. The number of rotatable bonds is 7. The Morgan fingerprint density at radius 1 is 1.36 bits per heavy atom. The van der Waals surface area contributed by atoms with Crippen molar-refractivity contribution < 1.29 is 23.9 Å². The molecule has 1 aliphatic heterocycles. The summed E-state index contributed by atoms with van der Waals surface area (Å²) in [5.41, 5.74) is 0. The van der Waals surface area contributed by atoms with Crippen molar-refractivity contribution in [2.45, 2.75) is 26.3 Å². The van der Waals surface area contributed by atoms with Crippen LogP contribution in [-0.4, -0.2) is 55.0 Å². The van der Waals surface area contributed by atoms with Crippen molar-refractivity contribution in [3.63, 3.8) is 0 Å². The van der Waals surface area contributed by atoms with Crippen molar-refractivity contribution in [1.29, 1.82) is 0 Å². The summed E-state index contributed by atoms with van der Waals surface area (Å²) in [6, 6.07) is 2.15. The number of hydrogen-bond donors (Lipinski definition) is 1. The molecule has 154 valence electrons. The Balaban J connectivity index is 2.03. The number of nitrogens with one attached hydrogen (secondary N) is 1. The van der Waals surface area contributed by atoms with Crippen LogP contribution >= 0.6 is 39.1 Å². The molecule has 28 heavy (non-hydrogen) atoms. The van der Waals surface area contributed by atoms with Gasteiger partial charge in [-0.25, -0.2) is 0 Å². The molecule has 0 bridgehead atoms. The predicted molar refractivity (Wildman–Crippen MR) is 109 cm³/mol. The third kappa shape index (κ3) is 6.25. The quantitative estimate of drug-likeness (QED) is 0.587. The molecule has 1 aliphatic rings. The summed E-state index contributed by atoms with van der Waals surface area (Å²) in [5, 5.41) is 3.33. The molecule has 1 heterocycles. The molecule has 10 heteroatoms. The van der Waals surface area contributed by atoms with Crippen molar-refractivity contribution in [1.82, 2.24) is 10.2 Å². The topological polar surface area (TPSA) is 84.9 Å². The molecule has 0 radical (unpaired) electrons. The molecule has 2 amide bonds. The van der Waals surface area contributed by atoms with Crippen molar-refractivity contribution in [2.24, 2.45) is 5.92 Å². The maximum atomic E-state index is 12.6. The van der Waals surface area contributed by atoms with E-state index in [-0.39, 0.29) is 42.9 Å². The minimum absolute atomic E-state index is 0.179. The average Bonchev–Trinajstić information content (AvgIpc) is 2.60. The van der Waals surface area contributed by atoms with Crippen LogP contribution in [-0.2, 0) is 19.1 Å². The van der Waals surface area contributed by atoms with Gasteiger partial charge in [-0.2, -0.15) is 0 Å². The number of benzene rings is 1. The molecule has 1 aromatic carbocycles. The summed E-state index contributed by atoms with van der Waals surface area (Å²) in [4.78, 5) is 38.2. The minimum atomic E-state index is -0.936. The lowest BCUT2D eigenvalue weighted by atomic mass is 10.1. The summed E-state index contributed by atoms with van der Waals surface area (Å²) in [6.45, 7) is 4.30. The van der Waals surface area contributed by atoms with Gasteiger partial charge in [-0.3, -0.25) is 14.4 Å². The molecule has 0 aliphatic carbocycles. The van der Waals surface area contributed by atoms with E-state index in [1.807, 2.05) is 13.8 Å². The van der Waals surface area contributed by atoms with Gasteiger partial charge >= 0.3 is 5.97 Å². The molecular weight excluding hydrogens is 475 g/mol. The van der Waals surface area contributed by atoms with E-state index in [9.17, 15) is 14.4 Å². The van der Waals surface area contributed by atoms with Gasteiger partial charge in [0, 0.05) is 18.1 Å². The van der Waals surface area contributed by atoms with Crippen LogP contribution in [0.3, 0.4) is 0 Å². The predicted octanol–water partition coefficient (Wildman–Crippen LogP) is 3.05. The van der Waals surface area contributed by atoms with Crippen molar-refractivity contribution >= 4 is 56.9 Å². The number of carbonyl (C=O) groups excluding carboxylic acids is 3. The highest BCUT2D eigenvalue weighted by atomic mass is 79.9. The summed E-state index contributed by atoms with van der Waals surface area (Å²) in [7, 11) is 0. The van der Waals surface area contributed by atoms with Crippen molar-refractivity contribution in [3.05, 3.63) is 26.7 Å². The molecule has 0 saturated carbocycles. The van der Waals surface area contributed by atoms with Crippen LogP contribution < -0.4 is 10.1 Å². The van der Waals surface area contributed by atoms with Crippen LogP contribution in [0.1, 0.15) is 20.3 Å². The smallest absolute Gasteiger partial charge is 0.308 e. The van der Waals surface area contributed by atoms with E-state index < -0.39 is 23.8 Å². The summed E-state index contributed by atoms with van der Waals surface area (Å²) >= 11 is 15.3. The molecule has 1 aromatic rings. The van der Waals surface area contributed by atoms with Gasteiger partial charge in [-0.15, -0.1) is 0 Å². The third-order valence-electron chi connectivity index (χ3n) is 3.89. The molecule has 2 rings (SSSR count). The van der Waals surface area contributed by atoms with Gasteiger partial charge in [0.1, 0.15) is 6.04 Å². The first-order chi connectivity index (χ1) is 13.2. The second kappa shape index (κ2) is 10.3. The van der Waals surface area contributed by atoms with Crippen LogP contribution in [0.5, 0.6) is 5.75 Å². The van der Waals surface area contributed by atoms with E-state index in [0.717, 1.165) is 0 Å². The Morgan fingerprint density at radius 2 is 2.07 bits per heavy atom. The Kier molecular flexibility index (Phi) is 8.39. The number of hydrogen-bond acceptors (Lipinski definition) is 5. The molecule has 0 spiro atoms. The fourth-order valence-electron chi connectivity index (χ4n) is 2.58. The molecule has 1 atom stereocenters. The van der Waals surface area contributed by atoms with E-state index >= 15 is 0 Å². The number of nitrogens with zero attached hydrogens (tertiary/aromatic N) is 1. The number of ether oxygens (including phenoxy) is 2. The number of esters is 1. The fourth-order valence-corrected chi connectivity index (χ4v) is 3.94. The van der Waals surface area contributed by atoms with Crippen LogP contribution in [0.25, 0.3) is 0 Å². The highest BCUT2D eigenvalue weighted by molar-refractivity contribution is 9.10. The normalized spacial score (nSPS) is 16.7. The first kappa shape index (κ1) is 22.8. The van der Waals surface area contributed by atoms with Gasteiger partial charge < -0.3 is 19.7 Å². The lowest BCUT2D eigenvalue weighted by Gasteiger charge is -2.34. The maximum Gasteiger partial charge on any atom is 0.308 e. The zero-order valence-electron chi connectivity index (χ0n) is 15.5. The monoisotopic (exact) mass is 494 g/mol.